The summed E-state index contributed by atoms with van der Waals surface area (Å²) in [4.78, 5) is 19.7. The Labute approximate surface area is 181 Å². The maximum atomic E-state index is 13.5. The molecule has 0 aliphatic heterocycles. The maximum Gasteiger partial charge on any atom is 0.259 e. The number of halogens is 2. The van der Waals surface area contributed by atoms with E-state index in [4.69, 9.17) is 0 Å². The van der Waals surface area contributed by atoms with Crippen LogP contribution in [0.25, 0.3) is 10.9 Å². The quantitative estimate of drug-likeness (QED) is 0.428. The van der Waals surface area contributed by atoms with E-state index in [9.17, 15) is 9.18 Å². The lowest BCUT2D eigenvalue weighted by atomic mass is 10.1. The molecule has 4 aromatic rings. The molecule has 4 rings (SSSR count). The van der Waals surface area contributed by atoms with Gasteiger partial charge in [-0.25, -0.2) is 9.37 Å². The van der Waals surface area contributed by atoms with E-state index in [2.05, 4.69) is 16.5 Å². The molecule has 0 spiro atoms. The Morgan fingerprint density at radius 1 is 1.03 bits per heavy atom. The van der Waals surface area contributed by atoms with Crippen molar-refractivity contribution in [2.24, 2.45) is 7.05 Å². The van der Waals surface area contributed by atoms with Crippen LogP contribution in [0.5, 0.6) is 0 Å². The smallest absolute Gasteiger partial charge is 0.259 e. The van der Waals surface area contributed by atoms with Gasteiger partial charge in [0.15, 0.2) is 0 Å². The zero-order chi connectivity index (χ0) is 20.5. The molecule has 0 unspecified atom stereocenters. The van der Waals surface area contributed by atoms with Crippen LogP contribution in [0.1, 0.15) is 27.2 Å². The number of rotatable bonds is 4. The first-order chi connectivity index (χ1) is 14.0. The van der Waals surface area contributed by atoms with Crippen molar-refractivity contribution < 1.29 is 9.18 Å². The molecule has 0 saturated carbocycles. The van der Waals surface area contributed by atoms with E-state index < -0.39 is 0 Å². The Balaban J connectivity index is 0.00000256. The Hall–Kier alpha value is -3.18. The van der Waals surface area contributed by atoms with Crippen LogP contribution in [0, 0.1) is 19.7 Å². The van der Waals surface area contributed by atoms with Gasteiger partial charge < -0.3 is 4.57 Å². The average Bonchev–Trinajstić information content (AvgIpc) is 2.98. The van der Waals surface area contributed by atoms with Gasteiger partial charge in [-0.1, -0.05) is 30.3 Å². The van der Waals surface area contributed by atoms with Gasteiger partial charge in [-0.2, -0.15) is 0 Å². The summed E-state index contributed by atoms with van der Waals surface area (Å²) in [5, 5.41) is 0.957. The van der Waals surface area contributed by atoms with Gasteiger partial charge in [0.1, 0.15) is 11.6 Å². The van der Waals surface area contributed by atoms with Gasteiger partial charge in [-0.3, -0.25) is 9.69 Å². The Morgan fingerprint density at radius 2 is 1.70 bits per heavy atom. The monoisotopic (exact) mass is 423 g/mol. The second kappa shape index (κ2) is 8.67. The predicted octanol–water partition coefficient (Wildman–Crippen LogP) is 5.60. The number of anilines is 1. The summed E-state index contributed by atoms with van der Waals surface area (Å²) in [5.41, 5.74) is 4.66. The summed E-state index contributed by atoms with van der Waals surface area (Å²) in [6.45, 7) is 4.40. The minimum atomic E-state index is -0.301. The Morgan fingerprint density at radius 3 is 2.37 bits per heavy atom. The first-order valence-electron chi connectivity index (χ1n) is 9.49. The third kappa shape index (κ3) is 3.81. The SMILES string of the molecule is Cc1c(C)n(C)c2ccnc(N(Cc3ccc(F)cc3)C(=O)c3ccccc3)c12.Cl. The normalized spacial score (nSPS) is 10.7. The van der Waals surface area contributed by atoms with Gasteiger partial charge in [0.2, 0.25) is 0 Å². The van der Waals surface area contributed by atoms with E-state index in [1.165, 1.54) is 12.1 Å². The van der Waals surface area contributed by atoms with Gasteiger partial charge in [0.05, 0.1) is 12.1 Å². The molecule has 0 aliphatic rings. The highest BCUT2D eigenvalue weighted by Gasteiger charge is 2.24. The van der Waals surface area contributed by atoms with Crippen molar-refractivity contribution in [1.82, 2.24) is 9.55 Å². The van der Waals surface area contributed by atoms with E-state index >= 15 is 0 Å². The van der Waals surface area contributed by atoms with Crippen molar-refractivity contribution in [2.75, 3.05) is 4.90 Å². The van der Waals surface area contributed by atoms with Crippen LogP contribution in [0.3, 0.4) is 0 Å². The van der Waals surface area contributed by atoms with E-state index in [1.807, 2.05) is 38.2 Å². The topological polar surface area (TPSA) is 38.1 Å². The molecule has 0 atom stereocenters. The van der Waals surface area contributed by atoms with Crippen molar-refractivity contribution in [3.05, 3.63) is 95.1 Å². The highest BCUT2D eigenvalue weighted by Crippen LogP contribution is 2.33. The number of carbonyl (C=O) groups excluding carboxylic acids is 1. The molecule has 0 N–H and O–H groups in total. The predicted molar refractivity (Wildman–Crippen MR) is 121 cm³/mol. The number of nitrogens with zero attached hydrogens (tertiary/aromatic N) is 3. The lowest BCUT2D eigenvalue weighted by Gasteiger charge is -2.23. The van der Waals surface area contributed by atoms with Gasteiger partial charge >= 0.3 is 0 Å². The van der Waals surface area contributed by atoms with E-state index in [1.54, 1.807) is 35.4 Å². The minimum absolute atomic E-state index is 0. The van der Waals surface area contributed by atoms with Gasteiger partial charge in [0.25, 0.3) is 5.91 Å². The molecule has 0 radical (unpaired) electrons. The van der Waals surface area contributed by atoms with Gasteiger partial charge in [-0.05, 0) is 55.3 Å². The first-order valence-corrected chi connectivity index (χ1v) is 9.49. The van der Waals surface area contributed by atoms with Crippen LogP contribution in [-0.4, -0.2) is 15.5 Å². The molecule has 2 aromatic heterocycles. The maximum absolute atomic E-state index is 13.5. The standard InChI is InChI=1S/C24H22FN3O.ClH/c1-16-17(2)27(3)21-13-14-26-23(22(16)21)28(15-18-9-11-20(25)12-10-18)24(29)19-7-5-4-6-8-19;/h4-14H,15H2,1-3H3;1H. The molecule has 2 heterocycles. The number of hydrogen-bond acceptors (Lipinski definition) is 2. The number of aryl methyl sites for hydroxylation is 2. The van der Waals surface area contributed by atoms with Crippen molar-refractivity contribution in [3.8, 4) is 0 Å². The summed E-state index contributed by atoms with van der Waals surface area (Å²) >= 11 is 0. The fourth-order valence-electron chi connectivity index (χ4n) is 3.65. The average molecular weight is 424 g/mol. The van der Waals surface area contributed by atoms with E-state index in [-0.39, 0.29) is 24.1 Å². The second-order valence-corrected chi connectivity index (χ2v) is 7.18. The zero-order valence-electron chi connectivity index (χ0n) is 17.1. The molecular weight excluding hydrogens is 401 g/mol. The summed E-state index contributed by atoms with van der Waals surface area (Å²) in [7, 11) is 2.01. The number of fused-ring (bicyclic) bond motifs is 1. The highest BCUT2D eigenvalue weighted by atomic mass is 35.5. The lowest BCUT2D eigenvalue weighted by Crippen LogP contribution is -2.31. The van der Waals surface area contributed by atoms with Crippen LogP contribution in [-0.2, 0) is 13.6 Å². The summed E-state index contributed by atoms with van der Waals surface area (Å²) in [6, 6.07) is 17.3. The summed E-state index contributed by atoms with van der Waals surface area (Å²) in [5.74, 6) is 0.169. The van der Waals surface area contributed by atoms with Crippen molar-refractivity contribution >= 4 is 35.0 Å². The fraction of sp³-hybridized carbons (Fsp3) is 0.167. The largest absolute Gasteiger partial charge is 0.348 e. The molecule has 0 saturated heterocycles. The van der Waals surface area contributed by atoms with Crippen molar-refractivity contribution in [3.63, 3.8) is 0 Å². The number of aromatic nitrogens is 2. The lowest BCUT2D eigenvalue weighted by molar-refractivity contribution is 0.0984. The van der Waals surface area contributed by atoms with E-state index in [0.717, 1.165) is 27.7 Å². The van der Waals surface area contributed by atoms with Crippen molar-refractivity contribution in [1.29, 1.82) is 0 Å². The van der Waals surface area contributed by atoms with E-state index in [0.29, 0.717) is 17.9 Å². The number of hydrogen-bond donors (Lipinski definition) is 0. The molecule has 0 fully saturated rings. The molecule has 154 valence electrons. The third-order valence-electron chi connectivity index (χ3n) is 5.47. The van der Waals surface area contributed by atoms with Crippen LogP contribution in [0.4, 0.5) is 10.2 Å². The van der Waals surface area contributed by atoms with Gasteiger partial charge in [0, 0.05) is 29.9 Å². The molecule has 0 aliphatic carbocycles. The number of pyridine rings is 1. The Bertz CT molecular complexity index is 1190. The Kier molecular flexibility index (Phi) is 6.22. The molecule has 4 nitrogen and oxygen atoms in total. The fourth-order valence-corrected chi connectivity index (χ4v) is 3.65. The second-order valence-electron chi connectivity index (χ2n) is 7.18. The van der Waals surface area contributed by atoms with Gasteiger partial charge in [-0.15, -0.1) is 12.4 Å². The summed E-state index contributed by atoms with van der Waals surface area (Å²) < 4.78 is 15.5. The van der Waals surface area contributed by atoms with Crippen LogP contribution in [0.15, 0.2) is 66.9 Å². The van der Waals surface area contributed by atoms with Crippen LogP contribution < -0.4 is 4.90 Å². The minimum Gasteiger partial charge on any atom is -0.348 e. The number of carbonyl (C=O) groups is 1. The van der Waals surface area contributed by atoms with Crippen molar-refractivity contribution in [2.45, 2.75) is 20.4 Å². The molecule has 30 heavy (non-hydrogen) atoms. The van der Waals surface area contributed by atoms with Crippen LogP contribution in [0.2, 0.25) is 0 Å². The first kappa shape index (κ1) is 21.5. The number of amides is 1. The summed E-state index contributed by atoms with van der Waals surface area (Å²) in [6.07, 6.45) is 1.73. The molecule has 0 bridgehead atoms. The molecular formula is C24H23ClFN3O. The molecule has 1 amide bonds. The zero-order valence-corrected chi connectivity index (χ0v) is 17.9. The molecule has 2 aromatic carbocycles. The van der Waals surface area contributed by atoms with Crippen LogP contribution >= 0.6 is 12.4 Å². The molecule has 6 heteroatoms. The number of benzene rings is 2. The third-order valence-corrected chi connectivity index (χ3v) is 5.47. The highest BCUT2D eigenvalue weighted by molar-refractivity contribution is 6.10.